The number of benzene rings is 1. The Morgan fingerprint density at radius 3 is 2.97 bits per heavy atom. The van der Waals surface area contributed by atoms with Crippen molar-refractivity contribution in [1.82, 2.24) is 36.0 Å². The molecule has 3 atom stereocenters. The molecule has 4 heterocycles. The van der Waals surface area contributed by atoms with Crippen LogP contribution in [0, 0.1) is 5.92 Å². The highest BCUT2D eigenvalue weighted by atomic mass is 16.1. The summed E-state index contributed by atoms with van der Waals surface area (Å²) < 4.78 is 0. The van der Waals surface area contributed by atoms with Gasteiger partial charge in [0.1, 0.15) is 5.82 Å². The van der Waals surface area contributed by atoms with E-state index in [1.54, 1.807) is 18.5 Å². The van der Waals surface area contributed by atoms with Crippen molar-refractivity contribution in [2.24, 2.45) is 5.92 Å². The van der Waals surface area contributed by atoms with Crippen molar-refractivity contribution in [1.29, 1.82) is 0 Å². The molecule has 1 saturated heterocycles. The second-order valence-electron chi connectivity index (χ2n) is 8.86. The quantitative estimate of drug-likeness (QED) is 0.310. The summed E-state index contributed by atoms with van der Waals surface area (Å²) in [5.74, 6) is 1.87. The highest BCUT2D eigenvalue weighted by molar-refractivity contribution is 6.13. The molecule has 1 aromatic carbocycles. The van der Waals surface area contributed by atoms with Gasteiger partial charge >= 0.3 is 0 Å². The summed E-state index contributed by atoms with van der Waals surface area (Å²) in [7, 11) is 0. The molecule has 2 fully saturated rings. The Bertz CT molecular complexity index is 1320. The molecule has 0 spiro atoms. The molecule has 3 aromatic heterocycles. The number of hydrogen-bond acceptors (Lipinski definition) is 8. The number of anilines is 2. The number of carbonyl (C=O) groups excluding carboxylic acids is 1. The average Bonchev–Trinajstić information content (AvgIpc) is 3.51. The van der Waals surface area contributed by atoms with E-state index >= 15 is 0 Å². The molecular weight excluding hydrogens is 430 g/mol. The number of hydrogen-bond donors (Lipinski definition) is 5. The smallest absolute Gasteiger partial charge is 0.257 e. The number of aromatic nitrogens is 5. The summed E-state index contributed by atoms with van der Waals surface area (Å²) in [5, 5.41) is 14.8. The Kier molecular flexibility index (Phi) is 5.36. The predicted octanol–water partition coefficient (Wildman–Crippen LogP) is 2.72. The second-order valence-corrected chi connectivity index (χ2v) is 8.86. The van der Waals surface area contributed by atoms with Gasteiger partial charge in [-0.15, -0.1) is 0 Å². The minimum absolute atomic E-state index is 0.223. The van der Waals surface area contributed by atoms with E-state index in [2.05, 4.69) is 41.7 Å². The van der Waals surface area contributed by atoms with Gasteiger partial charge in [0.05, 0.1) is 23.6 Å². The maximum atomic E-state index is 12.9. The van der Waals surface area contributed by atoms with Gasteiger partial charge in [0, 0.05) is 47.5 Å². The first kappa shape index (κ1) is 20.7. The maximum Gasteiger partial charge on any atom is 0.257 e. The molecule has 3 unspecified atom stereocenters. The van der Waals surface area contributed by atoms with Gasteiger partial charge in [-0.2, -0.15) is 10.2 Å². The highest BCUT2D eigenvalue weighted by Crippen LogP contribution is 2.29. The number of fused-ring (bicyclic) bond motifs is 2. The molecule has 10 heteroatoms. The summed E-state index contributed by atoms with van der Waals surface area (Å²) in [6, 6.07) is 10.4. The summed E-state index contributed by atoms with van der Waals surface area (Å²) in [6.45, 7) is 1.02. The first-order valence-electron chi connectivity index (χ1n) is 11.5. The van der Waals surface area contributed by atoms with Crippen LogP contribution in [0.5, 0.6) is 0 Å². The van der Waals surface area contributed by atoms with Crippen LogP contribution in [-0.4, -0.2) is 49.7 Å². The normalized spacial score (nSPS) is 21.8. The van der Waals surface area contributed by atoms with E-state index in [-0.39, 0.29) is 5.91 Å². The molecule has 0 radical (unpaired) electrons. The standard InChI is InChI=1S/C24H25N9O/c34-24(31-17-5-8-27-28-12-17)19-13-26-21-3-1-14(10-18(19)21)23-25-7-6-22(32-23)30-16-2-4-20-15(9-16)11-29-33-20/h1,3,5-8,10,12-13,15-16,20,26,29,33H,2,4,9,11H2,(H,25,30,32)(H,27,31,34). The summed E-state index contributed by atoms with van der Waals surface area (Å²) in [6.07, 6.45) is 9.91. The Morgan fingerprint density at radius 1 is 1.09 bits per heavy atom. The molecule has 172 valence electrons. The third kappa shape index (κ3) is 4.09. The van der Waals surface area contributed by atoms with Crippen LogP contribution in [0.15, 0.2) is 55.1 Å². The van der Waals surface area contributed by atoms with E-state index in [9.17, 15) is 4.79 Å². The Labute approximate surface area is 196 Å². The van der Waals surface area contributed by atoms with Gasteiger partial charge in [0.2, 0.25) is 0 Å². The third-order valence-electron chi connectivity index (χ3n) is 6.67. The second kappa shape index (κ2) is 8.81. The van der Waals surface area contributed by atoms with Gasteiger partial charge in [-0.1, -0.05) is 0 Å². The van der Waals surface area contributed by atoms with Crippen molar-refractivity contribution >= 4 is 28.3 Å². The molecule has 1 saturated carbocycles. The van der Waals surface area contributed by atoms with E-state index in [4.69, 9.17) is 4.98 Å². The number of aromatic amines is 1. The largest absolute Gasteiger partial charge is 0.367 e. The molecule has 1 aliphatic heterocycles. The Balaban J connectivity index is 1.23. The molecule has 1 amide bonds. The molecule has 10 nitrogen and oxygen atoms in total. The molecule has 4 aromatic rings. The van der Waals surface area contributed by atoms with E-state index in [1.807, 2.05) is 24.3 Å². The molecule has 2 aliphatic rings. The van der Waals surface area contributed by atoms with Gasteiger partial charge in [0.25, 0.3) is 5.91 Å². The summed E-state index contributed by atoms with van der Waals surface area (Å²) in [5.41, 5.74) is 9.50. The van der Waals surface area contributed by atoms with Crippen LogP contribution < -0.4 is 21.5 Å². The van der Waals surface area contributed by atoms with Crippen molar-refractivity contribution in [2.45, 2.75) is 31.3 Å². The Hall–Kier alpha value is -3.89. The zero-order valence-electron chi connectivity index (χ0n) is 18.5. The maximum absolute atomic E-state index is 12.9. The minimum Gasteiger partial charge on any atom is -0.367 e. The molecule has 0 bridgehead atoms. The van der Waals surface area contributed by atoms with Crippen LogP contribution >= 0.6 is 0 Å². The lowest BCUT2D eigenvalue weighted by Gasteiger charge is -2.31. The number of amides is 1. The van der Waals surface area contributed by atoms with Crippen LogP contribution in [0.1, 0.15) is 29.6 Å². The van der Waals surface area contributed by atoms with Gasteiger partial charge < -0.3 is 15.6 Å². The van der Waals surface area contributed by atoms with Gasteiger partial charge in [-0.3, -0.25) is 15.6 Å². The van der Waals surface area contributed by atoms with E-state index in [0.717, 1.165) is 48.1 Å². The highest BCUT2D eigenvalue weighted by Gasteiger charge is 2.33. The lowest BCUT2D eigenvalue weighted by molar-refractivity contribution is 0.102. The van der Waals surface area contributed by atoms with Crippen LogP contribution in [0.4, 0.5) is 11.5 Å². The van der Waals surface area contributed by atoms with Gasteiger partial charge in [0.15, 0.2) is 5.82 Å². The number of H-pyrrole nitrogens is 1. The Morgan fingerprint density at radius 2 is 2.06 bits per heavy atom. The van der Waals surface area contributed by atoms with Crippen molar-refractivity contribution in [3.8, 4) is 11.4 Å². The SMILES string of the molecule is O=C(Nc1ccnnc1)c1c[nH]c2ccc(-c3nccc(NC4CCC5NNCC5C4)n3)cc12. The van der Waals surface area contributed by atoms with Crippen molar-refractivity contribution in [3.05, 3.63) is 60.7 Å². The van der Waals surface area contributed by atoms with Crippen LogP contribution in [0.3, 0.4) is 0 Å². The summed E-state index contributed by atoms with van der Waals surface area (Å²) in [4.78, 5) is 25.3. The first-order valence-corrected chi connectivity index (χ1v) is 11.5. The number of nitrogens with one attached hydrogen (secondary N) is 5. The minimum atomic E-state index is -0.223. The summed E-state index contributed by atoms with van der Waals surface area (Å²) >= 11 is 0. The predicted molar refractivity (Wildman–Crippen MR) is 129 cm³/mol. The lowest BCUT2D eigenvalue weighted by Crippen LogP contribution is -2.39. The van der Waals surface area contributed by atoms with Crippen molar-refractivity contribution in [3.63, 3.8) is 0 Å². The molecule has 1 aliphatic carbocycles. The fourth-order valence-electron chi connectivity index (χ4n) is 4.93. The van der Waals surface area contributed by atoms with Gasteiger partial charge in [-0.05, 0) is 55.5 Å². The topological polar surface area (TPSA) is 133 Å². The molecule has 34 heavy (non-hydrogen) atoms. The van der Waals surface area contributed by atoms with Gasteiger partial charge in [-0.25, -0.2) is 9.97 Å². The van der Waals surface area contributed by atoms with E-state index in [1.165, 1.54) is 12.4 Å². The zero-order chi connectivity index (χ0) is 22.9. The first-order chi connectivity index (χ1) is 16.7. The fraction of sp³-hybridized carbons (Fsp3) is 0.292. The van der Waals surface area contributed by atoms with E-state index in [0.29, 0.717) is 35.1 Å². The van der Waals surface area contributed by atoms with Crippen LogP contribution in [0.25, 0.3) is 22.3 Å². The molecule has 6 rings (SSSR count). The number of hydrazine groups is 1. The van der Waals surface area contributed by atoms with E-state index < -0.39 is 0 Å². The number of carbonyl (C=O) groups is 1. The van der Waals surface area contributed by atoms with Crippen LogP contribution in [-0.2, 0) is 0 Å². The average molecular weight is 456 g/mol. The van der Waals surface area contributed by atoms with Crippen molar-refractivity contribution < 1.29 is 4.79 Å². The number of nitrogens with zero attached hydrogens (tertiary/aromatic N) is 4. The van der Waals surface area contributed by atoms with Crippen LogP contribution in [0.2, 0.25) is 0 Å². The number of rotatable bonds is 5. The lowest BCUT2D eigenvalue weighted by atomic mass is 9.83. The molecular formula is C24H25N9O. The van der Waals surface area contributed by atoms with Crippen molar-refractivity contribution in [2.75, 3.05) is 17.2 Å². The monoisotopic (exact) mass is 455 g/mol. The molecule has 5 N–H and O–H groups in total. The zero-order valence-corrected chi connectivity index (χ0v) is 18.5. The third-order valence-corrected chi connectivity index (χ3v) is 6.67. The fourth-order valence-corrected chi connectivity index (χ4v) is 4.93.